The molecule has 1 amide bonds. The number of hydrogen-bond acceptors (Lipinski definition) is 6. The maximum absolute atomic E-state index is 11.7. The van der Waals surface area contributed by atoms with E-state index in [4.69, 9.17) is 4.52 Å². The van der Waals surface area contributed by atoms with E-state index in [1.54, 1.807) is 6.92 Å². The standard InChI is InChI=1S/C10H9N3O3S/c1-5-3-7(13-16-5)9(15)12-10-11-4-8(17-10)6(2)14/h3-4H,1-2H3,(H,11,12,15). The summed E-state index contributed by atoms with van der Waals surface area (Å²) in [6.45, 7) is 3.14. The third kappa shape index (κ3) is 2.56. The highest BCUT2D eigenvalue weighted by Crippen LogP contribution is 2.19. The molecule has 0 saturated heterocycles. The number of thiazole rings is 1. The Hall–Kier alpha value is -2.02. The number of aryl methyl sites for hydroxylation is 1. The van der Waals surface area contributed by atoms with Gasteiger partial charge >= 0.3 is 0 Å². The number of aromatic nitrogens is 2. The van der Waals surface area contributed by atoms with Gasteiger partial charge in [-0.3, -0.25) is 14.9 Å². The van der Waals surface area contributed by atoms with Crippen LogP contribution in [0.25, 0.3) is 0 Å². The number of amides is 1. The van der Waals surface area contributed by atoms with Crippen LogP contribution in [0.5, 0.6) is 0 Å². The normalized spacial score (nSPS) is 10.2. The molecule has 0 bridgehead atoms. The van der Waals surface area contributed by atoms with Crippen LogP contribution in [0.3, 0.4) is 0 Å². The minimum Gasteiger partial charge on any atom is -0.361 e. The van der Waals surface area contributed by atoms with Crippen LogP contribution in [-0.2, 0) is 0 Å². The molecule has 0 aromatic carbocycles. The first-order chi connectivity index (χ1) is 8.06. The van der Waals surface area contributed by atoms with Crippen LogP contribution in [0.15, 0.2) is 16.8 Å². The summed E-state index contributed by atoms with van der Waals surface area (Å²) in [7, 11) is 0. The molecule has 2 heterocycles. The Morgan fingerprint density at radius 2 is 2.24 bits per heavy atom. The summed E-state index contributed by atoms with van der Waals surface area (Å²) in [5.41, 5.74) is 0.182. The predicted molar refractivity (Wildman–Crippen MR) is 61.3 cm³/mol. The molecule has 0 saturated carbocycles. The molecule has 0 radical (unpaired) electrons. The van der Waals surface area contributed by atoms with Crippen LogP contribution in [0.4, 0.5) is 5.13 Å². The molecule has 2 rings (SSSR count). The van der Waals surface area contributed by atoms with Crippen LogP contribution >= 0.6 is 11.3 Å². The van der Waals surface area contributed by atoms with Crippen molar-refractivity contribution in [2.45, 2.75) is 13.8 Å². The van der Waals surface area contributed by atoms with Crippen molar-refractivity contribution in [1.82, 2.24) is 10.1 Å². The Balaban J connectivity index is 2.10. The van der Waals surface area contributed by atoms with E-state index in [-0.39, 0.29) is 11.5 Å². The fourth-order valence-corrected chi connectivity index (χ4v) is 1.84. The minimum atomic E-state index is -0.411. The van der Waals surface area contributed by atoms with E-state index in [9.17, 15) is 9.59 Å². The highest BCUT2D eigenvalue weighted by molar-refractivity contribution is 7.17. The van der Waals surface area contributed by atoms with E-state index < -0.39 is 5.91 Å². The molecule has 0 fully saturated rings. The lowest BCUT2D eigenvalue weighted by atomic mass is 10.4. The van der Waals surface area contributed by atoms with Crippen molar-refractivity contribution < 1.29 is 14.1 Å². The van der Waals surface area contributed by atoms with E-state index in [1.165, 1.54) is 19.2 Å². The molecule has 17 heavy (non-hydrogen) atoms. The molecular weight excluding hydrogens is 242 g/mol. The predicted octanol–water partition coefficient (Wildman–Crippen LogP) is 1.89. The molecule has 2 aromatic rings. The van der Waals surface area contributed by atoms with Crippen LogP contribution in [-0.4, -0.2) is 21.8 Å². The van der Waals surface area contributed by atoms with Crippen LogP contribution in [0, 0.1) is 6.92 Å². The second-order valence-electron chi connectivity index (χ2n) is 3.36. The minimum absolute atomic E-state index is 0.0831. The summed E-state index contributed by atoms with van der Waals surface area (Å²) >= 11 is 1.12. The summed E-state index contributed by atoms with van der Waals surface area (Å²) in [6, 6.07) is 1.52. The molecule has 7 heteroatoms. The summed E-state index contributed by atoms with van der Waals surface area (Å²) in [5.74, 6) is 0.0605. The third-order valence-electron chi connectivity index (χ3n) is 1.93. The molecule has 0 aliphatic heterocycles. The fraction of sp³-hybridized carbons (Fsp3) is 0.200. The van der Waals surface area contributed by atoms with Crippen LogP contribution in [0.1, 0.15) is 32.8 Å². The van der Waals surface area contributed by atoms with Crippen LogP contribution < -0.4 is 5.32 Å². The summed E-state index contributed by atoms with van der Waals surface area (Å²) in [6.07, 6.45) is 1.43. The first kappa shape index (κ1) is 11.5. The van der Waals surface area contributed by atoms with Gasteiger partial charge in [-0.05, 0) is 6.92 Å². The second kappa shape index (κ2) is 4.46. The number of Topliss-reactive ketones (excluding diaryl/α,β-unsaturated/α-hetero) is 1. The van der Waals surface area contributed by atoms with Crippen molar-refractivity contribution in [1.29, 1.82) is 0 Å². The highest BCUT2D eigenvalue weighted by atomic mass is 32.1. The number of anilines is 1. The van der Waals surface area contributed by atoms with E-state index in [2.05, 4.69) is 15.5 Å². The van der Waals surface area contributed by atoms with Crippen molar-refractivity contribution in [3.8, 4) is 0 Å². The Kier molecular flexibility index (Phi) is 3.01. The molecule has 2 aromatic heterocycles. The maximum Gasteiger partial charge on any atom is 0.279 e. The Morgan fingerprint density at radius 3 is 2.76 bits per heavy atom. The van der Waals surface area contributed by atoms with Gasteiger partial charge in [-0.25, -0.2) is 4.98 Å². The number of nitrogens with zero attached hydrogens (tertiary/aromatic N) is 2. The molecule has 0 aliphatic rings. The average molecular weight is 251 g/mol. The number of carbonyl (C=O) groups excluding carboxylic acids is 2. The zero-order valence-electron chi connectivity index (χ0n) is 9.18. The first-order valence-corrected chi connectivity index (χ1v) is 5.59. The van der Waals surface area contributed by atoms with Gasteiger partial charge in [0, 0.05) is 13.0 Å². The second-order valence-corrected chi connectivity index (χ2v) is 4.39. The van der Waals surface area contributed by atoms with Crippen molar-refractivity contribution >= 4 is 28.2 Å². The largest absolute Gasteiger partial charge is 0.361 e. The van der Waals surface area contributed by atoms with Gasteiger partial charge in [0.2, 0.25) is 0 Å². The number of ketones is 1. The fourth-order valence-electron chi connectivity index (χ4n) is 1.13. The molecule has 6 nitrogen and oxygen atoms in total. The van der Waals surface area contributed by atoms with Crippen molar-refractivity contribution in [3.05, 3.63) is 28.6 Å². The number of rotatable bonds is 3. The number of nitrogens with one attached hydrogen (secondary N) is 1. The van der Waals surface area contributed by atoms with Crippen molar-refractivity contribution in [2.24, 2.45) is 0 Å². The average Bonchev–Trinajstić information content (AvgIpc) is 2.86. The summed E-state index contributed by atoms with van der Waals surface area (Å²) in [5, 5.41) is 6.48. The number of carbonyl (C=O) groups is 2. The van der Waals surface area contributed by atoms with Crippen LogP contribution in [0.2, 0.25) is 0 Å². The van der Waals surface area contributed by atoms with Gasteiger partial charge in [-0.1, -0.05) is 16.5 Å². The first-order valence-electron chi connectivity index (χ1n) is 4.77. The molecule has 0 aliphatic carbocycles. The van der Waals surface area contributed by atoms with E-state index in [0.29, 0.717) is 15.8 Å². The molecule has 0 spiro atoms. The molecule has 0 unspecified atom stereocenters. The van der Waals surface area contributed by atoms with Gasteiger partial charge in [-0.2, -0.15) is 0 Å². The van der Waals surface area contributed by atoms with Gasteiger partial charge in [0.1, 0.15) is 5.76 Å². The Bertz CT molecular complexity index is 573. The Morgan fingerprint density at radius 1 is 1.47 bits per heavy atom. The van der Waals surface area contributed by atoms with Gasteiger partial charge in [0.15, 0.2) is 16.6 Å². The van der Waals surface area contributed by atoms with Crippen molar-refractivity contribution in [2.75, 3.05) is 5.32 Å². The zero-order chi connectivity index (χ0) is 12.4. The maximum atomic E-state index is 11.7. The molecule has 1 N–H and O–H groups in total. The lowest BCUT2D eigenvalue weighted by Gasteiger charge is -1.95. The molecule has 88 valence electrons. The smallest absolute Gasteiger partial charge is 0.279 e. The van der Waals surface area contributed by atoms with Crippen molar-refractivity contribution in [3.63, 3.8) is 0 Å². The zero-order valence-corrected chi connectivity index (χ0v) is 10.00. The summed E-state index contributed by atoms with van der Waals surface area (Å²) in [4.78, 5) is 27.1. The van der Waals surface area contributed by atoms with E-state index >= 15 is 0 Å². The highest BCUT2D eigenvalue weighted by Gasteiger charge is 2.13. The van der Waals surface area contributed by atoms with Gasteiger partial charge < -0.3 is 4.52 Å². The monoisotopic (exact) mass is 251 g/mol. The SMILES string of the molecule is CC(=O)c1cnc(NC(=O)c2cc(C)on2)s1. The van der Waals surface area contributed by atoms with Gasteiger partial charge in [-0.15, -0.1) is 0 Å². The van der Waals surface area contributed by atoms with Gasteiger partial charge in [0.05, 0.1) is 11.1 Å². The third-order valence-corrected chi connectivity index (χ3v) is 2.95. The molecule has 0 atom stereocenters. The topological polar surface area (TPSA) is 85.1 Å². The van der Waals surface area contributed by atoms with E-state index in [1.807, 2.05) is 0 Å². The van der Waals surface area contributed by atoms with Gasteiger partial charge in [0.25, 0.3) is 5.91 Å². The lowest BCUT2D eigenvalue weighted by Crippen LogP contribution is -2.11. The van der Waals surface area contributed by atoms with E-state index in [0.717, 1.165) is 11.3 Å². The quantitative estimate of drug-likeness (QED) is 0.842. The number of hydrogen-bond donors (Lipinski definition) is 1. The summed E-state index contributed by atoms with van der Waals surface area (Å²) < 4.78 is 4.78. The Labute approximate surface area is 101 Å². The lowest BCUT2D eigenvalue weighted by molar-refractivity contribution is 0.101. The molecular formula is C10H9N3O3S.